The maximum absolute atomic E-state index is 5.50. The minimum absolute atomic E-state index is 0.287. The molecular formula is C30H33N7O5. The van der Waals surface area contributed by atoms with Crippen molar-refractivity contribution in [2.45, 2.75) is 6.92 Å². The third-order valence-electron chi connectivity index (χ3n) is 5.96. The van der Waals surface area contributed by atoms with Crippen LogP contribution in [-0.4, -0.2) is 57.9 Å². The van der Waals surface area contributed by atoms with Crippen molar-refractivity contribution in [2.24, 2.45) is 10.2 Å². The summed E-state index contributed by atoms with van der Waals surface area (Å²) in [5.74, 6) is 4.04. The van der Waals surface area contributed by atoms with Gasteiger partial charge in [-0.2, -0.15) is 20.2 Å². The highest BCUT2D eigenvalue weighted by atomic mass is 16.5. The number of para-hydroxylation sites is 2. The van der Waals surface area contributed by atoms with Crippen LogP contribution in [-0.2, 0) is 0 Å². The van der Waals surface area contributed by atoms with Gasteiger partial charge < -0.3 is 29.0 Å². The lowest BCUT2D eigenvalue weighted by molar-refractivity contribution is 0.354. The molecule has 0 atom stereocenters. The van der Waals surface area contributed by atoms with E-state index in [1.807, 2.05) is 61.5 Å². The van der Waals surface area contributed by atoms with Gasteiger partial charge in [0.2, 0.25) is 5.95 Å². The van der Waals surface area contributed by atoms with Crippen molar-refractivity contribution in [1.29, 1.82) is 0 Å². The fourth-order valence-electron chi connectivity index (χ4n) is 4.02. The molecule has 0 saturated carbocycles. The van der Waals surface area contributed by atoms with Crippen LogP contribution in [0, 0.1) is 6.92 Å². The molecule has 3 N–H and O–H groups in total. The van der Waals surface area contributed by atoms with E-state index in [1.165, 1.54) is 0 Å². The third kappa shape index (κ3) is 7.16. The average molecular weight is 572 g/mol. The van der Waals surface area contributed by atoms with Crippen molar-refractivity contribution in [3.05, 3.63) is 77.4 Å². The monoisotopic (exact) mass is 571 g/mol. The summed E-state index contributed by atoms with van der Waals surface area (Å²) in [7, 11) is 7.91. The first-order chi connectivity index (χ1) is 20.5. The predicted molar refractivity (Wildman–Crippen MR) is 165 cm³/mol. The first-order valence-corrected chi connectivity index (χ1v) is 12.8. The summed E-state index contributed by atoms with van der Waals surface area (Å²) in [5, 5.41) is 11.9. The van der Waals surface area contributed by atoms with Crippen molar-refractivity contribution >= 4 is 35.7 Å². The number of methoxy groups -OCH3 is 5. The van der Waals surface area contributed by atoms with E-state index in [1.54, 1.807) is 54.0 Å². The number of aromatic nitrogens is 2. The molecule has 0 aliphatic rings. The number of hydrogen-bond acceptors (Lipinski definition) is 12. The highest BCUT2D eigenvalue weighted by Gasteiger charge is 2.11. The van der Waals surface area contributed by atoms with Gasteiger partial charge in [0.05, 0.1) is 53.7 Å². The summed E-state index contributed by atoms with van der Waals surface area (Å²) in [6, 6.07) is 18.5. The number of hydrazone groups is 2. The number of hydrogen-bond donors (Lipinski definition) is 3. The Morgan fingerprint density at radius 1 is 0.619 bits per heavy atom. The van der Waals surface area contributed by atoms with E-state index < -0.39 is 0 Å². The lowest BCUT2D eigenvalue weighted by Crippen LogP contribution is -2.05. The topological polar surface area (TPSA) is 133 Å². The first-order valence-electron chi connectivity index (χ1n) is 12.8. The van der Waals surface area contributed by atoms with E-state index in [0.29, 0.717) is 46.1 Å². The van der Waals surface area contributed by atoms with Gasteiger partial charge in [0, 0.05) is 17.2 Å². The van der Waals surface area contributed by atoms with Gasteiger partial charge in [0.25, 0.3) is 0 Å². The second-order valence-electron chi connectivity index (χ2n) is 8.70. The number of anilines is 4. The van der Waals surface area contributed by atoms with E-state index in [-0.39, 0.29) is 5.95 Å². The second-order valence-corrected chi connectivity index (χ2v) is 8.70. The van der Waals surface area contributed by atoms with Gasteiger partial charge in [0.15, 0.2) is 34.6 Å². The molecule has 0 fully saturated rings. The van der Waals surface area contributed by atoms with Gasteiger partial charge in [-0.1, -0.05) is 18.2 Å². The fraction of sp³-hybridized carbons (Fsp3) is 0.200. The van der Waals surface area contributed by atoms with Crippen LogP contribution in [0.4, 0.5) is 23.3 Å². The molecule has 1 heterocycles. The number of nitrogens with zero attached hydrogens (tertiary/aromatic N) is 4. The Morgan fingerprint density at radius 2 is 1.14 bits per heavy atom. The number of ether oxygens (including phenoxy) is 5. The molecule has 12 heteroatoms. The van der Waals surface area contributed by atoms with Crippen LogP contribution >= 0.6 is 0 Å². The Morgan fingerprint density at radius 3 is 1.62 bits per heavy atom. The molecular weight excluding hydrogens is 538 g/mol. The Labute approximate surface area is 244 Å². The van der Waals surface area contributed by atoms with E-state index in [2.05, 4.69) is 36.3 Å². The number of nitrogens with one attached hydrogen (secondary N) is 3. The van der Waals surface area contributed by atoms with E-state index in [9.17, 15) is 0 Å². The summed E-state index contributed by atoms with van der Waals surface area (Å²) < 4.78 is 27.2. The molecule has 0 unspecified atom stereocenters. The van der Waals surface area contributed by atoms with Gasteiger partial charge in [-0.25, -0.2) is 0 Å². The third-order valence-corrected chi connectivity index (χ3v) is 5.96. The summed E-state index contributed by atoms with van der Waals surface area (Å²) in [5.41, 5.74) is 9.09. The van der Waals surface area contributed by atoms with Crippen LogP contribution in [0.1, 0.15) is 16.7 Å². The molecule has 0 aliphatic carbocycles. The van der Waals surface area contributed by atoms with E-state index >= 15 is 0 Å². The Bertz CT molecular complexity index is 1490. The number of rotatable bonds is 13. The van der Waals surface area contributed by atoms with Crippen LogP contribution in [0.25, 0.3) is 0 Å². The van der Waals surface area contributed by atoms with Crippen LogP contribution in [0.15, 0.2) is 70.9 Å². The normalized spacial score (nSPS) is 10.9. The summed E-state index contributed by atoms with van der Waals surface area (Å²) in [6.45, 7) is 1.99. The molecule has 0 saturated heterocycles. The van der Waals surface area contributed by atoms with Crippen molar-refractivity contribution < 1.29 is 23.7 Å². The van der Waals surface area contributed by atoms with Gasteiger partial charge in [-0.05, 0) is 48.9 Å². The summed E-state index contributed by atoms with van der Waals surface area (Å²) in [4.78, 5) is 9.14. The molecule has 4 aromatic rings. The number of benzene rings is 3. The quantitative estimate of drug-likeness (QED) is 0.140. The molecule has 42 heavy (non-hydrogen) atoms. The Kier molecular flexibility index (Phi) is 9.97. The van der Waals surface area contributed by atoms with Crippen molar-refractivity contribution in [3.8, 4) is 28.7 Å². The largest absolute Gasteiger partial charge is 0.495 e. The van der Waals surface area contributed by atoms with Crippen LogP contribution < -0.4 is 39.9 Å². The SMILES string of the molecule is COc1ccc(C)cc1Nc1nc(NN=Cc2cccc(OC)c2OC)cc(NN=Cc2cccc(OC)c2OC)n1. The van der Waals surface area contributed by atoms with Crippen molar-refractivity contribution in [2.75, 3.05) is 51.7 Å². The highest BCUT2D eigenvalue weighted by molar-refractivity contribution is 5.86. The van der Waals surface area contributed by atoms with E-state index in [4.69, 9.17) is 23.7 Å². The van der Waals surface area contributed by atoms with Crippen LogP contribution in [0.5, 0.6) is 28.7 Å². The van der Waals surface area contributed by atoms with Gasteiger partial charge in [0.1, 0.15) is 5.75 Å². The molecule has 4 rings (SSSR count). The average Bonchev–Trinajstić information content (AvgIpc) is 3.00. The Balaban J connectivity index is 1.63. The molecule has 0 amide bonds. The molecule has 1 aromatic heterocycles. The van der Waals surface area contributed by atoms with E-state index in [0.717, 1.165) is 16.7 Å². The van der Waals surface area contributed by atoms with Gasteiger partial charge in [-0.3, -0.25) is 10.9 Å². The minimum Gasteiger partial charge on any atom is -0.495 e. The zero-order chi connectivity index (χ0) is 29.9. The minimum atomic E-state index is 0.287. The van der Waals surface area contributed by atoms with Crippen LogP contribution in [0.2, 0.25) is 0 Å². The lowest BCUT2D eigenvalue weighted by Gasteiger charge is -2.13. The highest BCUT2D eigenvalue weighted by Crippen LogP contribution is 2.31. The predicted octanol–water partition coefficient (Wildman–Crippen LogP) is 5.46. The second kappa shape index (κ2) is 14.2. The molecule has 0 aliphatic heterocycles. The first kappa shape index (κ1) is 29.5. The number of aryl methyl sites for hydroxylation is 1. The zero-order valence-corrected chi connectivity index (χ0v) is 24.3. The maximum atomic E-state index is 5.50. The smallest absolute Gasteiger partial charge is 0.231 e. The zero-order valence-electron chi connectivity index (χ0n) is 24.3. The summed E-state index contributed by atoms with van der Waals surface area (Å²) in [6.07, 6.45) is 3.22. The maximum Gasteiger partial charge on any atom is 0.231 e. The van der Waals surface area contributed by atoms with Crippen molar-refractivity contribution in [3.63, 3.8) is 0 Å². The van der Waals surface area contributed by atoms with Gasteiger partial charge in [-0.15, -0.1) is 0 Å². The molecule has 0 bridgehead atoms. The molecule has 12 nitrogen and oxygen atoms in total. The Hall–Kier alpha value is -5.52. The van der Waals surface area contributed by atoms with Gasteiger partial charge >= 0.3 is 0 Å². The molecule has 3 aromatic carbocycles. The summed E-state index contributed by atoms with van der Waals surface area (Å²) >= 11 is 0. The fourth-order valence-corrected chi connectivity index (χ4v) is 4.02. The lowest BCUT2D eigenvalue weighted by atomic mass is 10.2. The molecule has 0 spiro atoms. The molecule has 218 valence electrons. The van der Waals surface area contributed by atoms with Crippen molar-refractivity contribution in [1.82, 2.24) is 9.97 Å². The van der Waals surface area contributed by atoms with Crippen LogP contribution in [0.3, 0.4) is 0 Å². The standard InChI is InChI=1S/C30H33N7O5/c1-19-13-14-23(38-2)22(15-19)33-30-34-26(36-31-17-20-9-7-11-24(39-3)28(20)41-5)16-27(35-30)37-32-18-21-10-8-12-25(40-4)29(21)42-6/h7-18H,1-6H3,(H3,33,34,35,36,37). The molecule has 0 radical (unpaired) electrons.